The van der Waals surface area contributed by atoms with Crippen LogP contribution in [0.15, 0.2) is 65.6 Å². The number of halogens is 2. The fourth-order valence-electron chi connectivity index (χ4n) is 2.94. The van der Waals surface area contributed by atoms with Crippen LogP contribution in [0.5, 0.6) is 0 Å². The van der Waals surface area contributed by atoms with E-state index in [1.165, 1.54) is 18.2 Å². The Labute approximate surface area is 192 Å². The molecule has 0 aliphatic heterocycles. The Hall–Kier alpha value is -2.54. The molecule has 31 heavy (non-hydrogen) atoms. The molecule has 0 saturated carbocycles. The zero-order chi connectivity index (χ0) is 22.6. The van der Waals surface area contributed by atoms with Crippen molar-refractivity contribution in [2.24, 2.45) is 0 Å². The van der Waals surface area contributed by atoms with Gasteiger partial charge in [-0.15, -0.1) is 0 Å². The lowest BCUT2D eigenvalue weighted by Crippen LogP contribution is -2.26. The van der Waals surface area contributed by atoms with Crippen LogP contribution in [0.3, 0.4) is 0 Å². The summed E-state index contributed by atoms with van der Waals surface area (Å²) in [5, 5.41) is 3.48. The van der Waals surface area contributed by atoms with Crippen molar-refractivity contribution in [1.82, 2.24) is 5.32 Å². The summed E-state index contributed by atoms with van der Waals surface area (Å²) in [6.07, 6.45) is 0.621. The molecule has 0 fully saturated rings. The minimum atomic E-state index is -3.97. The Morgan fingerprint density at radius 3 is 2.29 bits per heavy atom. The number of rotatable bonds is 7. The van der Waals surface area contributed by atoms with E-state index in [2.05, 4.69) is 10.0 Å². The largest absolute Gasteiger partial charge is 0.352 e. The number of hydrogen-bond donors (Lipinski definition) is 2. The fourth-order valence-corrected chi connectivity index (χ4v) is 4.64. The summed E-state index contributed by atoms with van der Waals surface area (Å²) in [5.74, 6) is -0.381. The van der Waals surface area contributed by atoms with Crippen LogP contribution < -0.4 is 10.0 Å². The minimum Gasteiger partial charge on any atom is -0.352 e. The van der Waals surface area contributed by atoms with Crippen molar-refractivity contribution in [2.45, 2.75) is 25.2 Å². The SMILES string of the molecule is Cc1ccc(NS(=O)(=O)c2cc(C(=O)NCCc3ccc(Cl)cc3)ccc2Cl)cc1C. The monoisotopic (exact) mass is 476 g/mol. The lowest BCUT2D eigenvalue weighted by Gasteiger charge is -2.12. The minimum absolute atomic E-state index is 0.0362. The van der Waals surface area contributed by atoms with Crippen LogP contribution >= 0.6 is 23.2 Å². The molecule has 0 saturated heterocycles. The van der Waals surface area contributed by atoms with Gasteiger partial charge in [-0.3, -0.25) is 9.52 Å². The molecule has 3 aromatic carbocycles. The molecule has 1 amide bonds. The van der Waals surface area contributed by atoms with Crippen LogP contribution in [0.1, 0.15) is 27.0 Å². The van der Waals surface area contributed by atoms with E-state index >= 15 is 0 Å². The quantitative estimate of drug-likeness (QED) is 0.480. The molecule has 0 atom stereocenters. The first-order valence-corrected chi connectivity index (χ1v) is 11.8. The zero-order valence-electron chi connectivity index (χ0n) is 17.1. The Morgan fingerprint density at radius 1 is 0.903 bits per heavy atom. The third kappa shape index (κ3) is 6.00. The molecule has 5 nitrogen and oxygen atoms in total. The van der Waals surface area contributed by atoms with Crippen LogP contribution in [0.25, 0.3) is 0 Å². The molecule has 8 heteroatoms. The van der Waals surface area contributed by atoms with E-state index in [1.807, 2.05) is 32.0 Å². The second-order valence-electron chi connectivity index (χ2n) is 7.18. The first-order valence-electron chi connectivity index (χ1n) is 9.58. The molecule has 0 aliphatic rings. The molecule has 3 rings (SSSR count). The van der Waals surface area contributed by atoms with Crippen LogP contribution in [0.2, 0.25) is 10.0 Å². The molecule has 0 aromatic heterocycles. The maximum Gasteiger partial charge on any atom is 0.263 e. The van der Waals surface area contributed by atoms with E-state index in [9.17, 15) is 13.2 Å². The standard InChI is InChI=1S/C23H22Cl2N2O3S/c1-15-3-9-20(13-16(15)2)27-31(29,30)22-14-18(6-10-21(22)25)23(28)26-12-11-17-4-7-19(24)8-5-17/h3-10,13-14,27H,11-12H2,1-2H3,(H,26,28). The summed E-state index contributed by atoms with van der Waals surface area (Å²) in [4.78, 5) is 12.4. The molecule has 0 aliphatic carbocycles. The number of carbonyl (C=O) groups is 1. The number of anilines is 1. The van der Waals surface area contributed by atoms with Crippen molar-refractivity contribution in [2.75, 3.05) is 11.3 Å². The molecule has 3 aromatic rings. The van der Waals surface area contributed by atoms with Crippen molar-refractivity contribution in [3.05, 3.63) is 93.0 Å². The number of sulfonamides is 1. The van der Waals surface area contributed by atoms with Gasteiger partial charge in [-0.2, -0.15) is 0 Å². The summed E-state index contributed by atoms with van der Waals surface area (Å²) in [5.41, 5.74) is 3.68. The average Bonchev–Trinajstić information content (AvgIpc) is 2.72. The van der Waals surface area contributed by atoms with Gasteiger partial charge in [0.05, 0.1) is 5.02 Å². The van der Waals surface area contributed by atoms with E-state index in [0.717, 1.165) is 16.7 Å². The van der Waals surface area contributed by atoms with Gasteiger partial charge in [-0.1, -0.05) is 41.4 Å². The van der Waals surface area contributed by atoms with Gasteiger partial charge in [0, 0.05) is 22.8 Å². The van der Waals surface area contributed by atoms with Crippen LogP contribution in [0.4, 0.5) is 5.69 Å². The summed E-state index contributed by atoms with van der Waals surface area (Å²) < 4.78 is 28.3. The molecule has 2 N–H and O–H groups in total. The van der Waals surface area contributed by atoms with Crippen LogP contribution in [0, 0.1) is 13.8 Å². The molecule has 0 spiro atoms. The van der Waals surface area contributed by atoms with Gasteiger partial charge in [0.2, 0.25) is 0 Å². The summed E-state index contributed by atoms with van der Waals surface area (Å²) in [6, 6.07) is 16.8. The Morgan fingerprint density at radius 2 is 1.61 bits per heavy atom. The van der Waals surface area contributed by atoms with Gasteiger partial charge >= 0.3 is 0 Å². The molecular weight excluding hydrogens is 455 g/mol. The van der Waals surface area contributed by atoms with Gasteiger partial charge in [0.15, 0.2) is 0 Å². The lowest BCUT2D eigenvalue weighted by atomic mass is 10.1. The van der Waals surface area contributed by atoms with Crippen molar-refractivity contribution >= 4 is 44.8 Å². The fraction of sp³-hybridized carbons (Fsp3) is 0.174. The molecule has 0 heterocycles. The molecule has 0 unspecified atom stereocenters. The van der Waals surface area contributed by atoms with Gasteiger partial charge in [0.25, 0.3) is 15.9 Å². The number of benzene rings is 3. The third-order valence-electron chi connectivity index (χ3n) is 4.85. The van der Waals surface area contributed by atoms with E-state index in [4.69, 9.17) is 23.2 Å². The highest BCUT2D eigenvalue weighted by Crippen LogP contribution is 2.26. The second kappa shape index (κ2) is 9.73. The third-order valence-corrected chi connectivity index (χ3v) is 6.97. The maximum absolute atomic E-state index is 12.9. The Kier molecular flexibility index (Phi) is 7.26. The summed E-state index contributed by atoms with van der Waals surface area (Å²) in [6.45, 7) is 4.24. The predicted molar refractivity (Wildman–Crippen MR) is 126 cm³/mol. The first kappa shape index (κ1) is 23.1. The van der Waals surface area contributed by atoms with Crippen molar-refractivity contribution < 1.29 is 13.2 Å². The van der Waals surface area contributed by atoms with E-state index in [1.54, 1.807) is 24.3 Å². The number of carbonyl (C=O) groups excluding carboxylic acids is 1. The van der Waals surface area contributed by atoms with E-state index in [0.29, 0.717) is 23.7 Å². The lowest BCUT2D eigenvalue weighted by molar-refractivity contribution is 0.0954. The second-order valence-corrected chi connectivity index (χ2v) is 9.68. The van der Waals surface area contributed by atoms with Gasteiger partial charge in [0.1, 0.15) is 4.90 Å². The van der Waals surface area contributed by atoms with Crippen LogP contribution in [-0.2, 0) is 16.4 Å². The molecular formula is C23H22Cl2N2O3S. The highest BCUT2D eigenvalue weighted by atomic mass is 35.5. The van der Waals surface area contributed by atoms with E-state index in [-0.39, 0.29) is 21.4 Å². The molecule has 0 bridgehead atoms. The first-order chi connectivity index (χ1) is 14.7. The number of aryl methyl sites for hydroxylation is 2. The maximum atomic E-state index is 12.9. The number of nitrogens with one attached hydrogen (secondary N) is 2. The summed E-state index contributed by atoms with van der Waals surface area (Å²) >= 11 is 12.0. The van der Waals surface area contributed by atoms with Crippen molar-refractivity contribution in [3.8, 4) is 0 Å². The normalized spacial score (nSPS) is 11.2. The molecule has 162 valence electrons. The summed E-state index contributed by atoms with van der Waals surface area (Å²) in [7, 11) is -3.97. The van der Waals surface area contributed by atoms with E-state index < -0.39 is 10.0 Å². The highest BCUT2D eigenvalue weighted by molar-refractivity contribution is 7.92. The predicted octanol–water partition coefficient (Wildman–Crippen LogP) is 5.38. The van der Waals surface area contributed by atoms with Gasteiger partial charge in [-0.05, 0) is 79.4 Å². The number of amides is 1. The Balaban J connectivity index is 1.72. The smallest absolute Gasteiger partial charge is 0.263 e. The Bertz CT molecular complexity index is 1210. The zero-order valence-corrected chi connectivity index (χ0v) is 19.4. The van der Waals surface area contributed by atoms with Gasteiger partial charge < -0.3 is 5.32 Å². The number of hydrogen-bond acceptors (Lipinski definition) is 3. The van der Waals surface area contributed by atoms with Crippen LogP contribution in [-0.4, -0.2) is 20.9 Å². The van der Waals surface area contributed by atoms with Gasteiger partial charge in [-0.25, -0.2) is 8.42 Å². The molecule has 0 radical (unpaired) electrons. The topological polar surface area (TPSA) is 75.3 Å². The van der Waals surface area contributed by atoms with Crippen molar-refractivity contribution in [3.63, 3.8) is 0 Å². The van der Waals surface area contributed by atoms with Crippen molar-refractivity contribution in [1.29, 1.82) is 0 Å². The highest BCUT2D eigenvalue weighted by Gasteiger charge is 2.20. The average molecular weight is 477 g/mol.